The molecule has 7 heteroatoms. The Balaban J connectivity index is 1.43. The van der Waals surface area contributed by atoms with Crippen LogP contribution in [-0.2, 0) is 11.2 Å². The predicted octanol–water partition coefficient (Wildman–Crippen LogP) is 4.45. The Hall–Kier alpha value is -1.96. The molecule has 6 nitrogen and oxygen atoms in total. The van der Waals surface area contributed by atoms with E-state index in [0.717, 1.165) is 67.0 Å². The Bertz CT molecular complexity index is 966. The van der Waals surface area contributed by atoms with Gasteiger partial charge in [0.15, 0.2) is 0 Å². The van der Waals surface area contributed by atoms with Crippen LogP contribution in [0.4, 0.5) is 0 Å². The summed E-state index contributed by atoms with van der Waals surface area (Å²) in [7, 11) is 4.21. The van der Waals surface area contributed by atoms with Gasteiger partial charge >= 0.3 is 0 Å². The first-order valence-corrected chi connectivity index (χ1v) is 13.3. The maximum atomic E-state index is 12.3. The van der Waals surface area contributed by atoms with Crippen LogP contribution in [0, 0.1) is 33.6 Å². The van der Waals surface area contributed by atoms with E-state index in [0.29, 0.717) is 18.4 Å². The Morgan fingerprint density at radius 1 is 1.21 bits per heavy atom. The number of thiazole rings is 1. The smallest absolute Gasteiger partial charge is 0.226 e. The molecule has 34 heavy (non-hydrogen) atoms. The Labute approximate surface area is 209 Å². The van der Waals surface area contributed by atoms with Crippen molar-refractivity contribution in [3.8, 4) is 5.75 Å². The lowest BCUT2D eigenvalue weighted by molar-refractivity contribution is -0.121. The highest BCUT2D eigenvalue weighted by Crippen LogP contribution is 2.34. The van der Waals surface area contributed by atoms with Crippen molar-refractivity contribution in [2.75, 3.05) is 46.9 Å². The SMILES string of the molecule is Cc1nc(CC(=O)NCC2CN(C(C)c3ccc(OCCCCN(C)C)c(C)c3C)C2)c(C)s1. The van der Waals surface area contributed by atoms with Gasteiger partial charge < -0.3 is 15.0 Å². The summed E-state index contributed by atoms with van der Waals surface area (Å²) in [6.07, 6.45) is 2.61. The lowest BCUT2D eigenvalue weighted by Crippen LogP contribution is -2.52. The molecule has 0 aliphatic carbocycles. The molecule has 0 bridgehead atoms. The molecule has 1 atom stereocenters. The first-order chi connectivity index (χ1) is 16.2. The number of unbranched alkanes of at least 4 members (excludes halogenated alkanes) is 1. The number of carbonyl (C=O) groups excluding carboxylic acids is 1. The third-order valence-corrected chi connectivity index (χ3v) is 7.86. The molecule has 3 rings (SSSR count). The summed E-state index contributed by atoms with van der Waals surface area (Å²) in [5, 5.41) is 4.13. The molecule has 1 fully saturated rings. The van der Waals surface area contributed by atoms with E-state index in [2.05, 4.69) is 67.1 Å². The molecule has 0 saturated carbocycles. The summed E-state index contributed by atoms with van der Waals surface area (Å²) in [6, 6.07) is 4.73. The zero-order chi connectivity index (χ0) is 24.8. The summed E-state index contributed by atoms with van der Waals surface area (Å²) >= 11 is 1.65. The molecule has 188 valence electrons. The predicted molar refractivity (Wildman–Crippen MR) is 141 cm³/mol. The van der Waals surface area contributed by atoms with Crippen molar-refractivity contribution in [3.63, 3.8) is 0 Å². The summed E-state index contributed by atoms with van der Waals surface area (Å²) in [4.78, 5) is 22.7. The van der Waals surface area contributed by atoms with Crippen molar-refractivity contribution >= 4 is 17.2 Å². The van der Waals surface area contributed by atoms with Crippen LogP contribution in [0.5, 0.6) is 5.75 Å². The minimum atomic E-state index is 0.0728. The van der Waals surface area contributed by atoms with Crippen LogP contribution in [0.1, 0.15) is 58.1 Å². The number of nitrogens with zero attached hydrogens (tertiary/aromatic N) is 3. The number of rotatable bonds is 12. The number of hydrogen-bond acceptors (Lipinski definition) is 6. The number of carbonyl (C=O) groups is 1. The monoisotopic (exact) mass is 486 g/mol. The second-order valence-corrected chi connectivity index (χ2v) is 11.4. The molecule has 1 aliphatic heterocycles. The van der Waals surface area contributed by atoms with Crippen molar-refractivity contribution in [1.82, 2.24) is 20.1 Å². The number of nitrogens with one attached hydrogen (secondary N) is 1. The van der Waals surface area contributed by atoms with E-state index in [-0.39, 0.29) is 5.91 Å². The number of benzene rings is 1. The Morgan fingerprint density at radius 3 is 2.59 bits per heavy atom. The van der Waals surface area contributed by atoms with Crippen LogP contribution in [-0.4, -0.2) is 67.6 Å². The van der Waals surface area contributed by atoms with Gasteiger partial charge in [-0.3, -0.25) is 9.69 Å². The van der Waals surface area contributed by atoms with Crippen molar-refractivity contribution in [3.05, 3.63) is 44.4 Å². The summed E-state index contributed by atoms with van der Waals surface area (Å²) in [5.41, 5.74) is 4.85. The van der Waals surface area contributed by atoms with Crippen LogP contribution < -0.4 is 10.1 Å². The molecule has 0 spiro atoms. The first kappa shape index (κ1) is 26.6. The van der Waals surface area contributed by atoms with E-state index in [1.165, 1.54) is 16.7 Å². The van der Waals surface area contributed by atoms with Crippen molar-refractivity contribution < 1.29 is 9.53 Å². The van der Waals surface area contributed by atoms with Gasteiger partial charge in [-0.15, -0.1) is 11.3 Å². The Kier molecular flexibility index (Phi) is 9.51. The molecule has 1 amide bonds. The third kappa shape index (κ3) is 7.03. The van der Waals surface area contributed by atoms with E-state index in [9.17, 15) is 4.79 Å². The number of amides is 1. The van der Waals surface area contributed by atoms with Gasteiger partial charge in [-0.1, -0.05) is 6.07 Å². The van der Waals surface area contributed by atoms with Crippen molar-refractivity contribution in [1.29, 1.82) is 0 Å². The van der Waals surface area contributed by atoms with Crippen molar-refractivity contribution in [2.45, 2.75) is 59.9 Å². The molecule has 1 unspecified atom stereocenters. The molecule has 1 aromatic carbocycles. The fraction of sp³-hybridized carbons (Fsp3) is 0.630. The van der Waals surface area contributed by atoms with Crippen LogP contribution in [0.2, 0.25) is 0 Å². The number of likely N-dealkylation sites (tertiary alicyclic amines) is 1. The van der Waals surface area contributed by atoms with Gasteiger partial charge in [0, 0.05) is 36.5 Å². The molecule has 1 aliphatic rings. The second-order valence-electron chi connectivity index (χ2n) is 9.97. The van der Waals surface area contributed by atoms with E-state index >= 15 is 0 Å². The van der Waals surface area contributed by atoms with E-state index in [1.54, 1.807) is 11.3 Å². The molecular weight excluding hydrogens is 444 g/mol. The average Bonchev–Trinajstić information content (AvgIpc) is 3.05. The highest BCUT2D eigenvalue weighted by atomic mass is 32.1. The largest absolute Gasteiger partial charge is 0.493 e. The fourth-order valence-electron chi connectivity index (χ4n) is 4.60. The molecule has 0 radical (unpaired) electrons. The normalized spacial score (nSPS) is 15.4. The maximum Gasteiger partial charge on any atom is 0.226 e. The summed E-state index contributed by atoms with van der Waals surface area (Å²) < 4.78 is 6.08. The zero-order valence-corrected chi connectivity index (χ0v) is 22.8. The topological polar surface area (TPSA) is 57.7 Å². The lowest BCUT2D eigenvalue weighted by atomic mass is 9.91. The fourth-order valence-corrected chi connectivity index (χ4v) is 5.43. The second kappa shape index (κ2) is 12.1. The number of hydrogen-bond donors (Lipinski definition) is 1. The van der Waals surface area contributed by atoms with Crippen LogP contribution in [0.15, 0.2) is 12.1 Å². The number of aromatic nitrogens is 1. The number of aryl methyl sites for hydroxylation is 2. The van der Waals surface area contributed by atoms with Crippen LogP contribution >= 0.6 is 11.3 Å². The maximum absolute atomic E-state index is 12.3. The molecule has 2 heterocycles. The first-order valence-electron chi connectivity index (χ1n) is 12.5. The van der Waals surface area contributed by atoms with Crippen LogP contribution in [0.3, 0.4) is 0 Å². The highest BCUT2D eigenvalue weighted by molar-refractivity contribution is 7.11. The quantitative estimate of drug-likeness (QED) is 0.449. The minimum Gasteiger partial charge on any atom is -0.493 e. The van der Waals surface area contributed by atoms with E-state index in [4.69, 9.17) is 4.74 Å². The zero-order valence-electron chi connectivity index (χ0n) is 22.0. The molecule has 1 aromatic heterocycles. The molecule has 1 N–H and O–H groups in total. The average molecular weight is 487 g/mol. The standard InChI is InChI=1S/C27H42N4O2S/c1-18-19(2)26(33-13-9-8-12-30(6)7)11-10-24(18)20(3)31-16-23(17-31)15-28-27(32)14-25-21(4)34-22(5)29-25/h10-11,20,23H,8-9,12-17H2,1-7H3,(H,28,32). The van der Waals surface area contributed by atoms with Gasteiger partial charge in [-0.2, -0.15) is 0 Å². The van der Waals surface area contributed by atoms with Gasteiger partial charge in [0.05, 0.1) is 23.7 Å². The van der Waals surface area contributed by atoms with E-state index < -0.39 is 0 Å². The van der Waals surface area contributed by atoms with Gasteiger partial charge in [0.1, 0.15) is 5.75 Å². The van der Waals surface area contributed by atoms with Gasteiger partial charge in [0.25, 0.3) is 0 Å². The Morgan fingerprint density at radius 2 is 1.94 bits per heavy atom. The van der Waals surface area contributed by atoms with Gasteiger partial charge in [0.2, 0.25) is 5.91 Å². The van der Waals surface area contributed by atoms with Crippen molar-refractivity contribution in [2.24, 2.45) is 5.92 Å². The van der Waals surface area contributed by atoms with Crippen LogP contribution in [0.25, 0.3) is 0 Å². The van der Waals surface area contributed by atoms with Gasteiger partial charge in [-0.05, 0) is 90.9 Å². The molecule has 1 saturated heterocycles. The highest BCUT2D eigenvalue weighted by Gasteiger charge is 2.32. The minimum absolute atomic E-state index is 0.0728. The molecule has 2 aromatic rings. The third-order valence-electron chi connectivity index (χ3n) is 6.94. The number of ether oxygens (including phenoxy) is 1. The van der Waals surface area contributed by atoms with Gasteiger partial charge in [-0.25, -0.2) is 4.98 Å². The summed E-state index contributed by atoms with van der Waals surface area (Å²) in [5.74, 6) is 1.59. The summed E-state index contributed by atoms with van der Waals surface area (Å²) in [6.45, 7) is 15.3. The van der Waals surface area contributed by atoms with E-state index in [1.807, 2.05) is 13.8 Å². The lowest BCUT2D eigenvalue weighted by Gasteiger charge is -2.44. The molecular formula is C27H42N4O2S.